The summed E-state index contributed by atoms with van der Waals surface area (Å²) in [4.78, 5) is 10.9. The largest absolute Gasteiger partial charge is 0.469 e. The smallest absolute Gasteiger partial charge is 0.310 e. The molecular formula is C12H14ClFN2O4S. The van der Waals surface area contributed by atoms with Crippen LogP contribution in [0.15, 0.2) is 17.0 Å². The van der Waals surface area contributed by atoms with Crippen molar-refractivity contribution in [2.24, 2.45) is 5.92 Å². The van der Waals surface area contributed by atoms with Gasteiger partial charge in [0.15, 0.2) is 5.82 Å². The Morgan fingerprint density at radius 3 is 2.81 bits per heavy atom. The van der Waals surface area contributed by atoms with Crippen LogP contribution in [0.5, 0.6) is 0 Å². The number of ether oxygens (including phenoxy) is 1. The Balaban J connectivity index is 2.34. The second-order valence-electron chi connectivity index (χ2n) is 4.68. The number of nitrogen functional groups attached to an aromatic ring is 1. The molecule has 0 radical (unpaired) electrons. The van der Waals surface area contributed by atoms with E-state index in [1.54, 1.807) is 0 Å². The molecule has 1 aliphatic heterocycles. The van der Waals surface area contributed by atoms with Crippen molar-refractivity contribution in [3.63, 3.8) is 0 Å². The minimum atomic E-state index is -4.10. The van der Waals surface area contributed by atoms with Crippen molar-refractivity contribution in [3.8, 4) is 0 Å². The summed E-state index contributed by atoms with van der Waals surface area (Å²) in [5, 5.41) is 0.0242. The lowest BCUT2D eigenvalue weighted by Crippen LogP contribution is -2.31. The Morgan fingerprint density at radius 1 is 1.52 bits per heavy atom. The Hall–Kier alpha value is -1.38. The zero-order valence-electron chi connectivity index (χ0n) is 11.2. The average molecular weight is 337 g/mol. The number of hydrogen-bond acceptors (Lipinski definition) is 5. The molecule has 0 spiro atoms. The van der Waals surface area contributed by atoms with Gasteiger partial charge in [-0.15, -0.1) is 0 Å². The van der Waals surface area contributed by atoms with Crippen LogP contribution in [0.1, 0.15) is 6.42 Å². The van der Waals surface area contributed by atoms with Crippen molar-refractivity contribution in [2.75, 3.05) is 25.9 Å². The van der Waals surface area contributed by atoms with Gasteiger partial charge >= 0.3 is 5.97 Å². The zero-order chi connectivity index (χ0) is 15.8. The monoisotopic (exact) mass is 336 g/mol. The molecule has 1 aromatic rings. The van der Waals surface area contributed by atoms with Crippen molar-refractivity contribution >= 4 is 33.3 Å². The Kier molecular flexibility index (Phi) is 4.40. The third kappa shape index (κ3) is 2.97. The summed E-state index contributed by atoms with van der Waals surface area (Å²) in [5.74, 6) is -2.08. The molecule has 0 aliphatic carbocycles. The van der Waals surface area contributed by atoms with Crippen LogP contribution in [0.3, 0.4) is 0 Å². The predicted molar refractivity (Wildman–Crippen MR) is 74.7 cm³/mol. The molecular weight excluding hydrogens is 323 g/mol. The predicted octanol–water partition coefficient (Wildman–Crippen LogP) is 1.24. The molecule has 1 fully saturated rings. The summed E-state index contributed by atoms with van der Waals surface area (Å²) >= 11 is 5.73. The number of hydrogen-bond donors (Lipinski definition) is 1. The molecule has 1 heterocycles. The highest BCUT2D eigenvalue weighted by Crippen LogP contribution is 2.30. The molecule has 1 saturated heterocycles. The molecule has 2 N–H and O–H groups in total. The first-order valence-electron chi connectivity index (χ1n) is 6.10. The lowest BCUT2D eigenvalue weighted by molar-refractivity contribution is -0.144. The summed E-state index contributed by atoms with van der Waals surface area (Å²) in [6, 6.07) is 2.14. The van der Waals surface area contributed by atoms with Crippen LogP contribution < -0.4 is 5.73 Å². The van der Waals surface area contributed by atoms with Gasteiger partial charge < -0.3 is 10.5 Å². The van der Waals surface area contributed by atoms with Crippen LogP contribution in [0.2, 0.25) is 5.02 Å². The number of anilines is 1. The highest BCUT2D eigenvalue weighted by atomic mass is 35.5. The third-order valence-corrected chi connectivity index (χ3v) is 5.42. The number of nitrogens with zero attached hydrogens (tertiary/aromatic N) is 1. The van der Waals surface area contributed by atoms with Crippen molar-refractivity contribution < 1.29 is 22.3 Å². The zero-order valence-corrected chi connectivity index (χ0v) is 12.7. The fourth-order valence-corrected chi connectivity index (χ4v) is 4.13. The van der Waals surface area contributed by atoms with Crippen molar-refractivity contribution in [1.29, 1.82) is 0 Å². The number of sulfonamides is 1. The molecule has 21 heavy (non-hydrogen) atoms. The van der Waals surface area contributed by atoms with E-state index < -0.39 is 32.6 Å². The molecule has 116 valence electrons. The number of carbonyl (C=O) groups is 1. The van der Waals surface area contributed by atoms with Crippen LogP contribution in [-0.4, -0.2) is 38.9 Å². The topological polar surface area (TPSA) is 89.7 Å². The number of rotatable bonds is 3. The van der Waals surface area contributed by atoms with E-state index >= 15 is 0 Å². The Labute approximate surface area is 126 Å². The summed E-state index contributed by atoms with van der Waals surface area (Å²) in [5.41, 5.74) is 5.05. The number of methoxy groups -OCH3 is 1. The first-order chi connectivity index (χ1) is 9.77. The third-order valence-electron chi connectivity index (χ3n) is 3.34. The number of benzene rings is 1. The molecule has 1 aliphatic rings. The summed E-state index contributed by atoms with van der Waals surface area (Å²) in [6.45, 7) is 0.0504. The van der Waals surface area contributed by atoms with Gasteiger partial charge in [0, 0.05) is 18.1 Å². The fraction of sp³-hybridized carbons (Fsp3) is 0.417. The summed E-state index contributed by atoms with van der Waals surface area (Å²) in [6.07, 6.45) is 0.323. The van der Waals surface area contributed by atoms with Gasteiger partial charge in [-0.05, 0) is 18.6 Å². The van der Waals surface area contributed by atoms with Gasteiger partial charge in [0.05, 0.1) is 18.7 Å². The van der Waals surface area contributed by atoms with E-state index in [1.807, 2.05) is 0 Å². The number of nitrogens with two attached hydrogens (primary N) is 1. The number of esters is 1. The van der Waals surface area contributed by atoms with E-state index in [9.17, 15) is 17.6 Å². The minimum absolute atomic E-state index is 0.0242. The van der Waals surface area contributed by atoms with E-state index in [4.69, 9.17) is 17.3 Å². The standard InChI is InChI=1S/C12H14ClFN2O4S/c1-20-12(17)7-2-3-16(6-7)21(18,19)10-5-8(13)4-9(15)11(10)14/h4-5,7H,2-3,6,15H2,1H3. The van der Waals surface area contributed by atoms with E-state index in [0.29, 0.717) is 6.42 Å². The maximum Gasteiger partial charge on any atom is 0.310 e. The Bertz CT molecular complexity index is 680. The minimum Gasteiger partial charge on any atom is -0.469 e. The highest BCUT2D eigenvalue weighted by molar-refractivity contribution is 7.89. The maximum absolute atomic E-state index is 14.0. The van der Waals surface area contributed by atoms with Gasteiger partial charge in [0.2, 0.25) is 10.0 Å². The molecule has 1 unspecified atom stereocenters. The molecule has 0 bridgehead atoms. The molecule has 0 saturated carbocycles. The number of carbonyl (C=O) groups excluding carboxylic acids is 1. The quantitative estimate of drug-likeness (QED) is 0.662. The normalized spacial score (nSPS) is 19.7. The van der Waals surface area contributed by atoms with Gasteiger partial charge in [-0.1, -0.05) is 11.6 Å². The van der Waals surface area contributed by atoms with E-state index in [2.05, 4.69) is 4.74 Å². The molecule has 1 aromatic carbocycles. The maximum atomic E-state index is 14.0. The van der Waals surface area contributed by atoms with Gasteiger partial charge in [-0.25, -0.2) is 12.8 Å². The molecule has 9 heteroatoms. The molecule has 0 amide bonds. The lowest BCUT2D eigenvalue weighted by Gasteiger charge is -2.17. The summed E-state index contributed by atoms with van der Waals surface area (Å²) in [7, 11) is -2.87. The van der Waals surface area contributed by atoms with Crippen LogP contribution in [-0.2, 0) is 19.6 Å². The van der Waals surface area contributed by atoms with Crippen LogP contribution in [0, 0.1) is 11.7 Å². The molecule has 2 rings (SSSR count). The van der Waals surface area contributed by atoms with Crippen molar-refractivity contribution in [1.82, 2.24) is 4.31 Å². The number of halogens is 2. The molecule has 6 nitrogen and oxygen atoms in total. The first-order valence-corrected chi connectivity index (χ1v) is 7.91. The van der Waals surface area contributed by atoms with Crippen LogP contribution in [0.25, 0.3) is 0 Å². The summed E-state index contributed by atoms with van der Waals surface area (Å²) < 4.78 is 44.5. The SMILES string of the molecule is COC(=O)C1CCN(S(=O)(=O)c2cc(Cl)cc(N)c2F)C1. The second-order valence-corrected chi connectivity index (χ2v) is 7.02. The van der Waals surface area contributed by atoms with Crippen molar-refractivity contribution in [2.45, 2.75) is 11.3 Å². The van der Waals surface area contributed by atoms with Gasteiger partial charge in [-0.2, -0.15) is 4.31 Å². The van der Waals surface area contributed by atoms with E-state index in [1.165, 1.54) is 7.11 Å². The second kappa shape index (κ2) is 5.78. The van der Waals surface area contributed by atoms with Crippen molar-refractivity contribution in [3.05, 3.63) is 23.0 Å². The van der Waals surface area contributed by atoms with Crippen LogP contribution >= 0.6 is 11.6 Å². The van der Waals surface area contributed by atoms with Gasteiger partial charge in [0.25, 0.3) is 0 Å². The van der Waals surface area contributed by atoms with Gasteiger partial charge in [-0.3, -0.25) is 4.79 Å². The fourth-order valence-electron chi connectivity index (χ4n) is 2.22. The molecule has 1 atom stereocenters. The van der Waals surface area contributed by atoms with E-state index in [0.717, 1.165) is 16.4 Å². The highest BCUT2D eigenvalue weighted by Gasteiger charge is 2.38. The molecule has 0 aromatic heterocycles. The lowest BCUT2D eigenvalue weighted by atomic mass is 10.1. The Morgan fingerprint density at radius 2 is 2.19 bits per heavy atom. The van der Waals surface area contributed by atoms with E-state index in [-0.39, 0.29) is 23.8 Å². The van der Waals surface area contributed by atoms with Gasteiger partial charge in [0.1, 0.15) is 4.90 Å². The van der Waals surface area contributed by atoms with Crippen LogP contribution in [0.4, 0.5) is 10.1 Å². The first kappa shape index (κ1) is 16.0. The average Bonchev–Trinajstić information content (AvgIpc) is 2.92.